The number of nitrogens with one attached hydrogen (secondary N) is 1. The van der Waals surface area contributed by atoms with Gasteiger partial charge in [0.25, 0.3) is 0 Å². The van der Waals surface area contributed by atoms with E-state index in [1.165, 1.54) is 6.42 Å². The Balaban J connectivity index is 1.42. The van der Waals surface area contributed by atoms with E-state index in [0.717, 1.165) is 60.4 Å². The summed E-state index contributed by atoms with van der Waals surface area (Å²) in [5, 5.41) is 3.05. The fraction of sp³-hybridized carbons (Fsp3) is 0.500. The second-order valence-electron chi connectivity index (χ2n) is 8.63. The lowest BCUT2D eigenvalue weighted by Crippen LogP contribution is -2.37. The average molecular weight is 395 g/mol. The molecule has 2 aromatic rings. The first-order valence-corrected chi connectivity index (χ1v) is 10.8. The molecular formula is C24H30N2O3. The zero-order chi connectivity index (χ0) is 20.4. The van der Waals surface area contributed by atoms with E-state index in [9.17, 15) is 9.59 Å². The molecule has 2 aliphatic rings. The Hall–Kier alpha value is -2.56. The molecule has 1 aliphatic carbocycles. The van der Waals surface area contributed by atoms with Crippen LogP contribution in [0.5, 0.6) is 0 Å². The number of carbonyl (C=O) groups excluding carboxylic acids is 2. The minimum Gasteiger partial charge on any atom is -0.461 e. The summed E-state index contributed by atoms with van der Waals surface area (Å²) in [7, 11) is 0. The molecule has 1 N–H and O–H groups in total. The molecule has 4 rings (SSSR count). The number of carbonyl (C=O) groups is 2. The third kappa shape index (κ3) is 4.39. The highest BCUT2D eigenvalue weighted by Crippen LogP contribution is 2.31. The number of rotatable bonds is 4. The van der Waals surface area contributed by atoms with E-state index in [2.05, 4.69) is 5.32 Å². The zero-order valence-corrected chi connectivity index (χ0v) is 17.4. The maximum Gasteiger partial charge on any atom is 0.227 e. The molecule has 0 spiro atoms. The summed E-state index contributed by atoms with van der Waals surface area (Å²) in [4.78, 5) is 26.6. The Bertz CT molecular complexity index is 876. The molecule has 0 bridgehead atoms. The van der Waals surface area contributed by atoms with Crippen LogP contribution in [0.2, 0.25) is 0 Å². The summed E-state index contributed by atoms with van der Waals surface area (Å²) < 4.78 is 6.07. The molecule has 1 aromatic carbocycles. The van der Waals surface area contributed by atoms with Crippen LogP contribution in [-0.2, 0) is 22.6 Å². The van der Waals surface area contributed by atoms with Crippen molar-refractivity contribution in [1.82, 2.24) is 4.90 Å². The Kier molecular flexibility index (Phi) is 5.74. The van der Waals surface area contributed by atoms with E-state index in [-0.39, 0.29) is 23.7 Å². The summed E-state index contributed by atoms with van der Waals surface area (Å²) in [5.41, 5.74) is 2.90. The maximum atomic E-state index is 12.4. The smallest absolute Gasteiger partial charge is 0.227 e. The van der Waals surface area contributed by atoms with E-state index in [4.69, 9.17) is 4.42 Å². The first kappa shape index (κ1) is 19.7. The van der Waals surface area contributed by atoms with Crippen LogP contribution in [0.4, 0.5) is 5.69 Å². The van der Waals surface area contributed by atoms with Gasteiger partial charge in [-0.05, 0) is 43.2 Å². The summed E-state index contributed by atoms with van der Waals surface area (Å²) in [6, 6.07) is 9.89. The predicted molar refractivity (Wildman–Crippen MR) is 113 cm³/mol. The van der Waals surface area contributed by atoms with Crippen molar-refractivity contribution in [3.05, 3.63) is 41.7 Å². The van der Waals surface area contributed by atoms with Crippen molar-refractivity contribution >= 4 is 17.5 Å². The largest absolute Gasteiger partial charge is 0.461 e. The molecule has 0 atom stereocenters. The Morgan fingerprint density at radius 1 is 1.10 bits per heavy atom. The van der Waals surface area contributed by atoms with Gasteiger partial charge in [0.15, 0.2) is 0 Å². The lowest BCUT2D eigenvalue weighted by atomic mass is 9.88. The van der Waals surface area contributed by atoms with Crippen LogP contribution in [0.25, 0.3) is 11.3 Å². The first-order valence-electron chi connectivity index (χ1n) is 10.8. The quantitative estimate of drug-likeness (QED) is 0.793. The number of hydrogen-bond acceptors (Lipinski definition) is 3. The molecule has 29 heavy (non-hydrogen) atoms. The van der Waals surface area contributed by atoms with Crippen LogP contribution in [-0.4, -0.2) is 23.3 Å². The van der Waals surface area contributed by atoms with Crippen molar-refractivity contribution in [1.29, 1.82) is 0 Å². The Labute approximate surface area is 172 Å². The van der Waals surface area contributed by atoms with Gasteiger partial charge in [0.05, 0.1) is 0 Å². The summed E-state index contributed by atoms with van der Waals surface area (Å²) in [6.45, 7) is 5.20. The van der Waals surface area contributed by atoms with Crippen molar-refractivity contribution in [2.24, 2.45) is 11.8 Å². The van der Waals surface area contributed by atoms with E-state index in [0.29, 0.717) is 13.1 Å². The number of hydrogen-bond donors (Lipinski definition) is 1. The molecule has 1 aliphatic heterocycles. The number of nitrogens with zero attached hydrogens (tertiary/aromatic N) is 1. The van der Waals surface area contributed by atoms with E-state index >= 15 is 0 Å². The topological polar surface area (TPSA) is 62.6 Å². The Morgan fingerprint density at radius 2 is 1.83 bits per heavy atom. The SMILES string of the molecule is CC(C)C(=O)N1CCc2oc(-c3ccc(NC(=O)C4CCCCC4)cc3)cc2C1. The lowest BCUT2D eigenvalue weighted by Gasteiger charge is -2.27. The maximum absolute atomic E-state index is 12.4. The molecule has 2 amide bonds. The molecule has 1 saturated carbocycles. The van der Waals surface area contributed by atoms with Crippen molar-refractivity contribution < 1.29 is 14.0 Å². The fourth-order valence-corrected chi connectivity index (χ4v) is 4.36. The highest BCUT2D eigenvalue weighted by atomic mass is 16.3. The number of furan rings is 1. The minimum atomic E-state index is 0.0132. The number of amides is 2. The van der Waals surface area contributed by atoms with E-state index in [1.54, 1.807) is 0 Å². The molecule has 5 heteroatoms. The van der Waals surface area contributed by atoms with Crippen molar-refractivity contribution in [3.63, 3.8) is 0 Å². The van der Waals surface area contributed by atoms with Gasteiger partial charge in [0, 0.05) is 48.2 Å². The lowest BCUT2D eigenvalue weighted by molar-refractivity contribution is -0.135. The number of fused-ring (bicyclic) bond motifs is 1. The third-order valence-electron chi connectivity index (χ3n) is 6.09. The molecule has 5 nitrogen and oxygen atoms in total. The van der Waals surface area contributed by atoms with Crippen LogP contribution >= 0.6 is 0 Å². The molecular weight excluding hydrogens is 364 g/mol. The standard InChI is InChI=1S/C24H30N2O3/c1-16(2)24(28)26-13-12-21-19(15-26)14-22(29-21)17-8-10-20(11-9-17)25-23(27)18-6-4-3-5-7-18/h8-11,14,16,18H,3-7,12-13,15H2,1-2H3,(H,25,27). The molecule has 1 fully saturated rings. The van der Waals surface area contributed by atoms with Crippen LogP contribution < -0.4 is 5.32 Å². The van der Waals surface area contributed by atoms with E-state index in [1.807, 2.05) is 49.1 Å². The van der Waals surface area contributed by atoms with Gasteiger partial charge in [-0.3, -0.25) is 9.59 Å². The number of anilines is 1. The monoisotopic (exact) mass is 394 g/mol. The van der Waals surface area contributed by atoms with Crippen LogP contribution in [0, 0.1) is 11.8 Å². The Morgan fingerprint density at radius 3 is 2.52 bits per heavy atom. The average Bonchev–Trinajstić information content (AvgIpc) is 3.17. The molecule has 1 aromatic heterocycles. The van der Waals surface area contributed by atoms with Gasteiger partial charge in [-0.25, -0.2) is 0 Å². The fourth-order valence-electron chi connectivity index (χ4n) is 4.36. The minimum absolute atomic E-state index is 0.0132. The highest BCUT2D eigenvalue weighted by molar-refractivity contribution is 5.92. The molecule has 0 saturated heterocycles. The van der Waals surface area contributed by atoms with Crippen molar-refractivity contribution in [3.8, 4) is 11.3 Å². The molecule has 2 heterocycles. The molecule has 0 radical (unpaired) electrons. The van der Waals surface area contributed by atoms with Gasteiger partial charge in [-0.15, -0.1) is 0 Å². The summed E-state index contributed by atoms with van der Waals surface area (Å²) in [5.74, 6) is 2.29. The normalized spacial score (nSPS) is 17.3. The van der Waals surface area contributed by atoms with Gasteiger partial charge in [0.1, 0.15) is 11.5 Å². The molecule has 0 unspecified atom stereocenters. The number of benzene rings is 1. The van der Waals surface area contributed by atoms with Crippen LogP contribution in [0.15, 0.2) is 34.7 Å². The van der Waals surface area contributed by atoms with Gasteiger partial charge in [0.2, 0.25) is 11.8 Å². The summed E-state index contributed by atoms with van der Waals surface area (Å²) >= 11 is 0. The predicted octanol–water partition coefficient (Wildman–Crippen LogP) is 5.01. The van der Waals surface area contributed by atoms with Crippen LogP contribution in [0.1, 0.15) is 57.3 Å². The van der Waals surface area contributed by atoms with E-state index < -0.39 is 0 Å². The van der Waals surface area contributed by atoms with Gasteiger partial charge < -0.3 is 14.6 Å². The second-order valence-corrected chi connectivity index (χ2v) is 8.63. The first-order chi connectivity index (χ1) is 14.0. The van der Waals surface area contributed by atoms with Gasteiger partial charge in [-0.2, -0.15) is 0 Å². The van der Waals surface area contributed by atoms with Crippen molar-refractivity contribution in [2.45, 2.75) is 58.9 Å². The zero-order valence-electron chi connectivity index (χ0n) is 17.4. The highest BCUT2D eigenvalue weighted by Gasteiger charge is 2.26. The van der Waals surface area contributed by atoms with Crippen molar-refractivity contribution in [2.75, 3.05) is 11.9 Å². The second kappa shape index (κ2) is 8.44. The molecule has 154 valence electrons. The van der Waals surface area contributed by atoms with Gasteiger partial charge >= 0.3 is 0 Å². The third-order valence-corrected chi connectivity index (χ3v) is 6.09. The van der Waals surface area contributed by atoms with Crippen LogP contribution in [0.3, 0.4) is 0 Å². The summed E-state index contributed by atoms with van der Waals surface area (Å²) in [6.07, 6.45) is 6.30. The van der Waals surface area contributed by atoms with Gasteiger partial charge in [-0.1, -0.05) is 33.1 Å².